The topological polar surface area (TPSA) is 59.3 Å². The summed E-state index contributed by atoms with van der Waals surface area (Å²) in [5.41, 5.74) is 3.18. The van der Waals surface area contributed by atoms with Crippen LogP contribution >= 0.6 is 11.6 Å². The van der Waals surface area contributed by atoms with Gasteiger partial charge in [0.25, 0.3) is 5.69 Å². The monoisotopic (exact) mass is 327 g/mol. The van der Waals surface area contributed by atoms with Gasteiger partial charge in [0.1, 0.15) is 0 Å². The first-order chi connectivity index (χ1) is 11.0. The lowest BCUT2D eigenvalue weighted by Gasteiger charge is -2.21. The maximum atomic E-state index is 11.1. The fourth-order valence-electron chi connectivity index (χ4n) is 2.63. The van der Waals surface area contributed by atoms with Crippen LogP contribution in [0.4, 0.5) is 17.1 Å². The first kappa shape index (κ1) is 15.2. The van der Waals surface area contributed by atoms with E-state index < -0.39 is 0 Å². The van der Waals surface area contributed by atoms with Gasteiger partial charge in [-0.3, -0.25) is 15.1 Å². The lowest BCUT2D eigenvalue weighted by atomic mass is 10.1. The van der Waals surface area contributed by atoms with Crippen molar-refractivity contribution in [3.63, 3.8) is 0 Å². The summed E-state index contributed by atoms with van der Waals surface area (Å²) >= 11 is 5.93. The molecule has 0 N–H and O–H groups in total. The predicted molar refractivity (Wildman–Crippen MR) is 92.6 cm³/mol. The number of aromatic nitrogens is 1. The van der Waals surface area contributed by atoms with Crippen LogP contribution in [-0.4, -0.2) is 17.0 Å². The molecule has 0 saturated heterocycles. The average molecular weight is 328 g/mol. The van der Waals surface area contributed by atoms with E-state index in [-0.39, 0.29) is 10.6 Å². The molecule has 0 bridgehead atoms. The van der Waals surface area contributed by atoms with Crippen LogP contribution in [0.5, 0.6) is 0 Å². The molecule has 0 aliphatic rings. The molecule has 6 heteroatoms. The number of fused-ring (bicyclic) bond motifs is 1. The van der Waals surface area contributed by atoms with Crippen LogP contribution in [0.2, 0.25) is 5.02 Å². The highest BCUT2D eigenvalue weighted by Crippen LogP contribution is 2.34. The molecule has 2 aromatic carbocycles. The molecule has 0 saturated carbocycles. The van der Waals surface area contributed by atoms with Gasteiger partial charge in [-0.25, -0.2) is 0 Å². The zero-order valence-corrected chi connectivity index (χ0v) is 13.4. The maximum absolute atomic E-state index is 11.1. The van der Waals surface area contributed by atoms with Crippen molar-refractivity contribution in [1.29, 1.82) is 0 Å². The molecule has 1 aromatic heterocycles. The molecule has 0 aliphatic heterocycles. The summed E-state index contributed by atoms with van der Waals surface area (Å²) in [4.78, 5) is 17.0. The third-order valence-corrected chi connectivity index (χ3v) is 4.14. The van der Waals surface area contributed by atoms with Crippen LogP contribution in [0.3, 0.4) is 0 Å². The van der Waals surface area contributed by atoms with Crippen molar-refractivity contribution in [2.45, 2.75) is 6.92 Å². The number of anilines is 2. The number of hydrogen-bond donors (Lipinski definition) is 0. The van der Waals surface area contributed by atoms with Gasteiger partial charge in [-0.2, -0.15) is 0 Å². The van der Waals surface area contributed by atoms with E-state index in [9.17, 15) is 10.1 Å². The molecular formula is C17H14ClN3O2. The van der Waals surface area contributed by atoms with Gasteiger partial charge in [0.05, 0.1) is 21.7 Å². The fourth-order valence-corrected chi connectivity index (χ4v) is 2.75. The molecule has 1 heterocycles. The molecule has 0 fully saturated rings. The van der Waals surface area contributed by atoms with Crippen molar-refractivity contribution in [3.8, 4) is 0 Å². The minimum atomic E-state index is -0.383. The number of benzene rings is 2. The molecule has 0 unspecified atom stereocenters. The molecule has 0 atom stereocenters. The van der Waals surface area contributed by atoms with Crippen molar-refractivity contribution in [3.05, 3.63) is 69.4 Å². The van der Waals surface area contributed by atoms with Crippen molar-refractivity contribution in [1.82, 2.24) is 4.98 Å². The second-order valence-corrected chi connectivity index (χ2v) is 5.66. The van der Waals surface area contributed by atoms with E-state index in [1.165, 1.54) is 6.07 Å². The van der Waals surface area contributed by atoms with Crippen molar-refractivity contribution >= 4 is 39.6 Å². The SMILES string of the molecule is Cc1c([N+](=O)[O-])ccc2c(N(C)c3ccc(Cl)cc3)ccnc12. The Bertz CT molecular complexity index is 894. The number of halogens is 1. The Morgan fingerprint density at radius 2 is 1.83 bits per heavy atom. The summed E-state index contributed by atoms with van der Waals surface area (Å²) in [6.45, 7) is 1.72. The summed E-state index contributed by atoms with van der Waals surface area (Å²) < 4.78 is 0. The minimum Gasteiger partial charge on any atom is -0.344 e. The quantitative estimate of drug-likeness (QED) is 0.508. The fraction of sp³-hybridized carbons (Fsp3) is 0.118. The van der Waals surface area contributed by atoms with E-state index in [2.05, 4.69) is 4.98 Å². The second kappa shape index (κ2) is 5.85. The number of pyridine rings is 1. The van der Waals surface area contributed by atoms with Crippen LogP contribution < -0.4 is 4.90 Å². The van der Waals surface area contributed by atoms with Crippen LogP contribution in [0.25, 0.3) is 10.9 Å². The maximum Gasteiger partial charge on any atom is 0.274 e. The molecular weight excluding hydrogens is 314 g/mol. The van der Waals surface area contributed by atoms with Crippen molar-refractivity contribution < 1.29 is 4.92 Å². The summed E-state index contributed by atoms with van der Waals surface area (Å²) in [6, 6.07) is 12.7. The summed E-state index contributed by atoms with van der Waals surface area (Å²) in [7, 11) is 1.94. The number of aryl methyl sites for hydroxylation is 1. The van der Waals surface area contributed by atoms with Crippen molar-refractivity contribution in [2.75, 3.05) is 11.9 Å². The lowest BCUT2D eigenvalue weighted by molar-refractivity contribution is -0.385. The molecule has 3 rings (SSSR count). The molecule has 116 valence electrons. The Hall–Kier alpha value is -2.66. The van der Waals surface area contributed by atoms with Gasteiger partial charge in [0.15, 0.2) is 0 Å². The standard InChI is InChI=1S/C17H14ClN3O2/c1-11-15(21(22)23)8-7-14-16(9-10-19-17(11)14)20(2)13-5-3-12(18)4-6-13/h3-10H,1-2H3. The summed E-state index contributed by atoms with van der Waals surface area (Å²) in [6.07, 6.45) is 1.67. The van der Waals surface area contributed by atoms with E-state index in [0.29, 0.717) is 16.1 Å². The zero-order valence-electron chi connectivity index (χ0n) is 12.7. The normalized spacial score (nSPS) is 10.7. The number of nitro groups is 1. The van der Waals surface area contributed by atoms with E-state index in [4.69, 9.17) is 11.6 Å². The van der Waals surface area contributed by atoms with Gasteiger partial charge >= 0.3 is 0 Å². The predicted octanol–water partition coefficient (Wildman–Crippen LogP) is 4.87. The first-order valence-corrected chi connectivity index (χ1v) is 7.39. The Balaban J connectivity index is 2.16. The number of rotatable bonds is 3. The second-order valence-electron chi connectivity index (χ2n) is 5.23. The Morgan fingerprint density at radius 3 is 2.48 bits per heavy atom. The highest BCUT2D eigenvalue weighted by molar-refractivity contribution is 6.30. The molecule has 3 aromatic rings. The van der Waals surface area contributed by atoms with Crippen LogP contribution in [0, 0.1) is 17.0 Å². The Morgan fingerprint density at radius 1 is 1.13 bits per heavy atom. The lowest BCUT2D eigenvalue weighted by Crippen LogP contribution is -2.10. The zero-order chi connectivity index (χ0) is 16.6. The van der Waals surface area contributed by atoms with Gasteiger partial charge in [0, 0.05) is 35.4 Å². The third-order valence-electron chi connectivity index (χ3n) is 3.89. The van der Waals surface area contributed by atoms with E-state index in [0.717, 1.165) is 16.8 Å². The van der Waals surface area contributed by atoms with Gasteiger partial charge in [-0.05, 0) is 43.3 Å². The summed E-state index contributed by atoms with van der Waals surface area (Å²) in [5, 5.41) is 12.6. The molecule has 5 nitrogen and oxygen atoms in total. The molecule has 23 heavy (non-hydrogen) atoms. The van der Waals surface area contributed by atoms with Crippen molar-refractivity contribution in [2.24, 2.45) is 0 Å². The van der Waals surface area contributed by atoms with Crippen LogP contribution in [-0.2, 0) is 0 Å². The van der Waals surface area contributed by atoms with Gasteiger partial charge < -0.3 is 4.90 Å². The largest absolute Gasteiger partial charge is 0.344 e. The van der Waals surface area contributed by atoms with Gasteiger partial charge in [0.2, 0.25) is 0 Å². The number of nitrogens with zero attached hydrogens (tertiary/aromatic N) is 3. The summed E-state index contributed by atoms with van der Waals surface area (Å²) in [5.74, 6) is 0. The average Bonchev–Trinajstić information content (AvgIpc) is 2.54. The van der Waals surface area contributed by atoms with E-state index in [1.807, 2.05) is 42.3 Å². The molecule has 0 radical (unpaired) electrons. The number of hydrogen-bond acceptors (Lipinski definition) is 4. The Kier molecular flexibility index (Phi) is 3.88. The third kappa shape index (κ3) is 2.71. The van der Waals surface area contributed by atoms with E-state index >= 15 is 0 Å². The first-order valence-electron chi connectivity index (χ1n) is 7.01. The molecule has 0 spiro atoms. The van der Waals surface area contributed by atoms with Crippen LogP contribution in [0.1, 0.15) is 5.56 Å². The highest BCUT2D eigenvalue weighted by atomic mass is 35.5. The highest BCUT2D eigenvalue weighted by Gasteiger charge is 2.17. The molecule has 0 amide bonds. The van der Waals surface area contributed by atoms with Crippen LogP contribution in [0.15, 0.2) is 48.7 Å². The molecule has 0 aliphatic carbocycles. The Labute approximate surface area is 138 Å². The van der Waals surface area contributed by atoms with Gasteiger partial charge in [-0.15, -0.1) is 0 Å². The van der Waals surface area contributed by atoms with E-state index in [1.54, 1.807) is 19.2 Å². The number of nitro benzene ring substituents is 1. The minimum absolute atomic E-state index is 0.0799. The van der Waals surface area contributed by atoms with Gasteiger partial charge in [-0.1, -0.05) is 11.6 Å². The smallest absolute Gasteiger partial charge is 0.274 e.